The molecule has 0 aliphatic carbocycles. The Balaban J connectivity index is 1.66. The van der Waals surface area contributed by atoms with Crippen molar-refractivity contribution in [2.75, 3.05) is 4.90 Å². The second kappa shape index (κ2) is 7.62. The number of carbonyl (C=O) groups is 1. The monoisotopic (exact) mass is 411 g/mol. The maximum atomic E-state index is 13.3. The maximum absolute atomic E-state index is 13.3. The molecule has 2 nitrogen and oxygen atoms in total. The first-order valence-electron chi connectivity index (χ1n) is 10.2. The summed E-state index contributed by atoms with van der Waals surface area (Å²) in [5.41, 5.74) is 5.73. The molecule has 1 aliphatic rings. The molecule has 30 heavy (non-hydrogen) atoms. The quantitative estimate of drug-likeness (QED) is 0.360. The predicted octanol–water partition coefficient (Wildman–Crippen LogP) is 6.87. The number of amides is 1. The van der Waals surface area contributed by atoms with Gasteiger partial charge in [0.2, 0.25) is 5.91 Å². The Morgan fingerprint density at radius 3 is 2.40 bits per heavy atom. The smallest absolute Gasteiger partial charge is 0.228 e. The van der Waals surface area contributed by atoms with E-state index in [1.807, 2.05) is 29.2 Å². The highest BCUT2D eigenvalue weighted by atomic mass is 35.5. The minimum absolute atomic E-state index is 0.0562. The van der Waals surface area contributed by atoms with Crippen LogP contribution < -0.4 is 4.90 Å². The molecule has 0 bridgehead atoms. The van der Waals surface area contributed by atoms with Gasteiger partial charge in [-0.2, -0.15) is 0 Å². The fourth-order valence-electron chi connectivity index (χ4n) is 4.44. The highest BCUT2D eigenvalue weighted by Gasteiger charge is 2.33. The third-order valence-electron chi connectivity index (χ3n) is 6.00. The van der Waals surface area contributed by atoms with Crippen LogP contribution in [0.1, 0.15) is 34.6 Å². The van der Waals surface area contributed by atoms with Crippen LogP contribution in [0.25, 0.3) is 10.8 Å². The fraction of sp³-hybridized carbons (Fsp3) is 0.148. The average Bonchev–Trinajstić information content (AvgIpc) is 2.77. The van der Waals surface area contributed by atoms with Gasteiger partial charge < -0.3 is 4.90 Å². The SMILES string of the molecule is Cc1ccc(C2CC(=O)N(Cc3ccc(Cl)cc3)c3ccc4ccccc4c32)cc1. The van der Waals surface area contributed by atoms with E-state index < -0.39 is 0 Å². The minimum atomic E-state index is 0.0562. The lowest BCUT2D eigenvalue weighted by molar-refractivity contribution is -0.119. The van der Waals surface area contributed by atoms with Gasteiger partial charge in [0.1, 0.15) is 0 Å². The topological polar surface area (TPSA) is 20.3 Å². The Morgan fingerprint density at radius 1 is 0.900 bits per heavy atom. The summed E-state index contributed by atoms with van der Waals surface area (Å²) in [7, 11) is 0. The molecule has 1 amide bonds. The van der Waals surface area contributed by atoms with Crippen molar-refractivity contribution in [2.45, 2.75) is 25.8 Å². The molecule has 1 heterocycles. The van der Waals surface area contributed by atoms with Crippen LogP contribution in [0.4, 0.5) is 5.69 Å². The number of hydrogen-bond acceptors (Lipinski definition) is 1. The van der Waals surface area contributed by atoms with E-state index in [1.165, 1.54) is 27.5 Å². The summed E-state index contributed by atoms with van der Waals surface area (Å²) >= 11 is 6.05. The molecule has 4 aromatic carbocycles. The second-order valence-corrected chi connectivity index (χ2v) is 8.43. The Morgan fingerprint density at radius 2 is 1.63 bits per heavy atom. The Labute approximate surface area is 181 Å². The predicted molar refractivity (Wildman–Crippen MR) is 124 cm³/mol. The summed E-state index contributed by atoms with van der Waals surface area (Å²) < 4.78 is 0. The molecule has 4 aromatic rings. The van der Waals surface area contributed by atoms with Gasteiger partial charge in [0, 0.05) is 23.0 Å². The van der Waals surface area contributed by atoms with Gasteiger partial charge in [0.25, 0.3) is 0 Å². The lowest BCUT2D eigenvalue weighted by Crippen LogP contribution is -2.36. The normalized spacial score (nSPS) is 16.0. The third-order valence-corrected chi connectivity index (χ3v) is 6.25. The van der Waals surface area contributed by atoms with E-state index in [1.54, 1.807) is 0 Å². The van der Waals surface area contributed by atoms with Crippen molar-refractivity contribution >= 4 is 34.0 Å². The minimum Gasteiger partial charge on any atom is -0.308 e. The first-order valence-corrected chi connectivity index (χ1v) is 10.6. The number of fused-ring (bicyclic) bond motifs is 3. The van der Waals surface area contributed by atoms with Gasteiger partial charge in [-0.25, -0.2) is 0 Å². The molecule has 0 spiro atoms. The zero-order valence-corrected chi connectivity index (χ0v) is 17.6. The summed E-state index contributed by atoms with van der Waals surface area (Å²) in [4.78, 5) is 15.2. The van der Waals surface area contributed by atoms with E-state index in [-0.39, 0.29) is 11.8 Å². The maximum Gasteiger partial charge on any atom is 0.228 e. The molecule has 3 heteroatoms. The van der Waals surface area contributed by atoms with E-state index in [4.69, 9.17) is 11.6 Å². The molecular formula is C27H22ClNO. The number of rotatable bonds is 3. The van der Waals surface area contributed by atoms with Gasteiger partial charge >= 0.3 is 0 Å². The number of carbonyl (C=O) groups excluding carboxylic acids is 1. The Hall–Kier alpha value is -3.10. The number of halogens is 1. The first-order chi connectivity index (χ1) is 14.6. The number of benzene rings is 4. The van der Waals surface area contributed by atoms with Crippen molar-refractivity contribution < 1.29 is 4.79 Å². The second-order valence-electron chi connectivity index (χ2n) is 7.99. The number of hydrogen-bond donors (Lipinski definition) is 0. The molecule has 0 radical (unpaired) electrons. The highest BCUT2D eigenvalue weighted by molar-refractivity contribution is 6.30. The van der Waals surface area contributed by atoms with Gasteiger partial charge in [-0.15, -0.1) is 0 Å². The van der Waals surface area contributed by atoms with Crippen molar-refractivity contribution in [3.63, 3.8) is 0 Å². The molecule has 1 aliphatic heterocycles. The van der Waals surface area contributed by atoms with E-state index >= 15 is 0 Å². The van der Waals surface area contributed by atoms with Crippen LogP contribution in [0, 0.1) is 6.92 Å². The van der Waals surface area contributed by atoms with Gasteiger partial charge in [0.15, 0.2) is 0 Å². The zero-order chi connectivity index (χ0) is 20.7. The van der Waals surface area contributed by atoms with Crippen molar-refractivity contribution in [3.05, 3.63) is 112 Å². The summed E-state index contributed by atoms with van der Waals surface area (Å²) in [5, 5.41) is 3.12. The van der Waals surface area contributed by atoms with Gasteiger partial charge in [0.05, 0.1) is 6.54 Å². The molecule has 0 fully saturated rings. The largest absolute Gasteiger partial charge is 0.308 e. The van der Waals surface area contributed by atoms with Gasteiger partial charge in [-0.1, -0.05) is 83.9 Å². The molecule has 0 N–H and O–H groups in total. The summed E-state index contributed by atoms with van der Waals surface area (Å²) in [6.45, 7) is 2.63. The molecule has 5 rings (SSSR count). The van der Waals surface area contributed by atoms with E-state index in [2.05, 4.69) is 67.6 Å². The van der Waals surface area contributed by atoms with Crippen molar-refractivity contribution in [2.24, 2.45) is 0 Å². The fourth-order valence-corrected chi connectivity index (χ4v) is 4.56. The van der Waals surface area contributed by atoms with Crippen molar-refractivity contribution in [1.29, 1.82) is 0 Å². The molecule has 0 aromatic heterocycles. The van der Waals surface area contributed by atoms with Crippen LogP contribution in [-0.4, -0.2) is 5.91 Å². The summed E-state index contributed by atoms with van der Waals surface area (Å²) in [6.07, 6.45) is 0.470. The van der Waals surface area contributed by atoms with E-state index in [9.17, 15) is 4.79 Å². The molecular weight excluding hydrogens is 390 g/mol. The molecule has 0 saturated heterocycles. The first kappa shape index (κ1) is 18.9. The average molecular weight is 412 g/mol. The molecule has 0 saturated carbocycles. The number of anilines is 1. The van der Waals surface area contributed by atoms with E-state index in [0.717, 1.165) is 11.3 Å². The summed E-state index contributed by atoms with van der Waals surface area (Å²) in [5.74, 6) is 0.207. The highest BCUT2D eigenvalue weighted by Crippen LogP contribution is 2.44. The van der Waals surface area contributed by atoms with Crippen molar-refractivity contribution in [1.82, 2.24) is 0 Å². The third kappa shape index (κ3) is 3.38. The Bertz CT molecular complexity index is 1230. The summed E-state index contributed by atoms with van der Waals surface area (Å²) in [6, 6.07) is 29.0. The zero-order valence-electron chi connectivity index (χ0n) is 16.8. The molecule has 148 valence electrons. The van der Waals surface area contributed by atoms with Crippen LogP contribution in [-0.2, 0) is 11.3 Å². The Kier molecular flexibility index (Phi) is 4.80. The molecule has 1 unspecified atom stereocenters. The number of nitrogens with zero attached hydrogens (tertiary/aromatic N) is 1. The number of aryl methyl sites for hydroxylation is 1. The van der Waals surface area contributed by atoms with Crippen LogP contribution in [0.2, 0.25) is 5.02 Å². The van der Waals surface area contributed by atoms with Gasteiger partial charge in [-0.05, 0) is 52.6 Å². The lowest BCUT2D eigenvalue weighted by atomic mass is 9.81. The van der Waals surface area contributed by atoms with Gasteiger partial charge in [-0.3, -0.25) is 4.79 Å². The van der Waals surface area contributed by atoms with Crippen LogP contribution >= 0.6 is 11.6 Å². The standard InChI is InChI=1S/C27H22ClNO/c1-18-6-10-21(11-7-18)24-16-26(30)29(17-19-8-13-22(28)14-9-19)25-15-12-20-4-2-3-5-23(20)27(24)25/h2-15,24H,16-17H2,1H3. The van der Waals surface area contributed by atoms with E-state index in [0.29, 0.717) is 18.0 Å². The van der Waals surface area contributed by atoms with Crippen LogP contribution in [0.5, 0.6) is 0 Å². The van der Waals surface area contributed by atoms with Crippen molar-refractivity contribution in [3.8, 4) is 0 Å². The lowest BCUT2D eigenvalue weighted by Gasteiger charge is -2.35. The molecule has 1 atom stereocenters. The van der Waals surface area contributed by atoms with Crippen LogP contribution in [0.3, 0.4) is 0 Å². The van der Waals surface area contributed by atoms with Crippen LogP contribution in [0.15, 0.2) is 84.9 Å².